The Bertz CT molecular complexity index is 590. The Morgan fingerprint density at radius 1 is 1.11 bits per heavy atom. The Balaban J connectivity index is 2.16. The number of halogens is 4. The lowest BCUT2D eigenvalue weighted by Gasteiger charge is -2.11. The summed E-state index contributed by atoms with van der Waals surface area (Å²) in [5, 5.41) is 0.480. The topological polar surface area (TPSA) is 9.23 Å². The molecule has 0 bridgehead atoms. The summed E-state index contributed by atoms with van der Waals surface area (Å²) in [5.41, 5.74) is 1.26. The molecular weight excluding hydrogens is 354 g/mol. The zero-order chi connectivity index (χ0) is 13.8. The van der Waals surface area contributed by atoms with Gasteiger partial charge in [-0.05, 0) is 36.4 Å². The van der Waals surface area contributed by atoms with Gasteiger partial charge in [0.1, 0.15) is 18.2 Å². The first kappa shape index (κ1) is 14.6. The van der Waals surface area contributed by atoms with Crippen LogP contribution in [0.2, 0.25) is 5.02 Å². The molecule has 0 aliphatic carbocycles. The van der Waals surface area contributed by atoms with E-state index in [4.69, 9.17) is 27.9 Å². The summed E-state index contributed by atoms with van der Waals surface area (Å²) in [7, 11) is 0. The third-order valence-corrected chi connectivity index (χ3v) is 3.57. The van der Waals surface area contributed by atoms with Crippen molar-refractivity contribution in [2.75, 3.05) is 0 Å². The SMILES string of the molecule is Fc1ccc(Cl)cc1COc1ccc(Br)cc1CCl. The Labute approximate surface area is 129 Å². The molecule has 100 valence electrons. The smallest absolute Gasteiger partial charge is 0.129 e. The summed E-state index contributed by atoms with van der Waals surface area (Å²) in [6, 6.07) is 9.89. The van der Waals surface area contributed by atoms with Crippen LogP contribution in [-0.2, 0) is 12.5 Å². The van der Waals surface area contributed by atoms with Crippen LogP contribution in [0.4, 0.5) is 4.39 Å². The van der Waals surface area contributed by atoms with Gasteiger partial charge in [0.05, 0.1) is 5.88 Å². The van der Waals surface area contributed by atoms with Gasteiger partial charge in [0.25, 0.3) is 0 Å². The standard InChI is InChI=1S/C14H10BrCl2FO/c15-11-1-4-14(9(5-11)7-16)19-8-10-6-12(17)2-3-13(10)18/h1-6H,7-8H2. The molecule has 0 N–H and O–H groups in total. The predicted octanol–water partition coefficient (Wildman–Crippen LogP) is 5.56. The van der Waals surface area contributed by atoms with Crippen molar-refractivity contribution in [2.24, 2.45) is 0 Å². The third-order valence-electron chi connectivity index (χ3n) is 2.56. The van der Waals surface area contributed by atoms with E-state index in [0.29, 0.717) is 22.2 Å². The highest BCUT2D eigenvalue weighted by Crippen LogP contribution is 2.26. The van der Waals surface area contributed by atoms with Gasteiger partial charge >= 0.3 is 0 Å². The largest absolute Gasteiger partial charge is 0.488 e. The molecule has 0 aliphatic rings. The molecule has 0 atom stereocenters. The van der Waals surface area contributed by atoms with Crippen LogP contribution in [0.1, 0.15) is 11.1 Å². The molecular formula is C14H10BrCl2FO. The molecule has 19 heavy (non-hydrogen) atoms. The van der Waals surface area contributed by atoms with Crippen molar-refractivity contribution >= 4 is 39.1 Å². The summed E-state index contributed by atoms with van der Waals surface area (Å²) in [6.45, 7) is 0.109. The summed E-state index contributed by atoms with van der Waals surface area (Å²) < 4.78 is 20.1. The molecule has 2 rings (SSSR count). The summed E-state index contributed by atoms with van der Waals surface area (Å²) >= 11 is 15.0. The number of hydrogen-bond acceptors (Lipinski definition) is 1. The molecule has 0 heterocycles. The van der Waals surface area contributed by atoms with E-state index in [1.54, 1.807) is 12.1 Å². The summed E-state index contributed by atoms with van der Waals surface area (Å²) in [4.78, 5) is 0. The molecule has 0 saturated carbocycles. The van der Waals surface area contributed by atoms with Crippen molar-refractivity contribution in [3.05, 3.63) is 62.8 Å². The van der Waals surface area contributed by atoms with Gasteiger partial charge in [0.2, 0.25) is 0 Å². The second-order valence-corrected chi connectivity index (χ2v) is 5.53. The monoisotopic (exact) mass is 362 g/mol. The van der Waals surface area contributed by atoms with Gasteiger partial charge in [-0.2, -0.15) is 0 Å². The fourth-order valence-electron chi connectivity index (χ4n) is 1.60. The molecule has 0 aromatic heterocycles. The molecule has 1 nitrogen and oxygen atoms in total. The summed E-state index contributed by atoms with van der Waals surface area (Å²) in [6.07, 6.45) is 0. The van der Waals surface area contributed by atoms with Crippen LogP contribution in [-0.4, -0.2) is 0 Å². The van der Waals surface area contributed by atoms with Crippen LogP contribution >= 0.6 is 39.1 Å². The van der Waals surface area contributed by atoms with E-state index in [1.165, 1.54) is 12.1 Å². The van der Waals surface area contributed by atoms with Gasteiger partial charge in [-0.25, -0.2) is 4.39 Å². The van der Waals surface area contributed by atoms with E-state index in [0.717, 1.165) is 10.0 Å². The maximum absolute atomic E-state index is 13.5. The van der Waals surface area contributed by atoms with E-state index in [9.17, 15) is 4.39 Å². The summed E-state index contributed by atoms with van der Waals surface area (Å²) in [5.74, 6) is 0.624. The quantitative estimate of drug-likeness (QED) is 0.646. The average Bonchev–Trinajstić information content (AvgIpc) is 2.40. The van der Waals surface area contributed by atoms with Crippen molar-refractivity contribution in [3.8, 4) is 5.75 Å². The molecule has 2 aromatic rings. The minimum absolute atomic E-state index is 0.109. The van der Waals surface area contributed by atoms with Crippen molar-refractivity contribution in [2.45, 2.75) is 12.5 Å². The van der Waals surface area contributed by atoms with Crippen LogP contribution < -0.4 is 4.74 Å². The van der Waals surface area contributed by atoms with E-state index in [-0.39, 0.29) is 12.4 Å². The van der Waals surface area contributed by atoms with Crippen LogP contribution in [0.5, 0.6) is 5.75 Å². The normalized spacial score (nSPS) is 10.5. The molecule has 0 amide bonds. The Morgan fingerprint density at radius 3 is 2.63 bits per heavy atom. The van der Waals surface area contributed by atoms with Crippen LogP contribution in [0.25, 0.3) is 0 Å². The van der Waals surface area contributed by atoms with Gasteiger partial charge in [-0.3, -0.25) is 0 Å². The zero-order valence-electron chi connectivity index (χ0n) is 9.80. The first-order valence-corrected chi connectivity index (χ1v) is 7.22. The van der Waals surface area contributed by atoms with Gasteiger partial charge in [-0.1, -0.05) is 27.5 Å². The van der Waals surface area contributed by atoms with E-state index >= 15 is 0 Å². The minimum atomic E-state index is -0.339. The molecule has 0 radical (unpaired) electrons. The number of alkyl halides is 1. The third kappa shape index (κ3) is 3.85. The maximum atomic E-state index is 13.5. The fraction of sp³-hybridized carbons (Fsp3) is 0.143. The van der Waals surface area contributed by atoms with Gasteiger partial charge in [-0.15, -0.1) is 11.6 Å². The molecule has 0 saturated heterocycles. The molecule has 0 fully saturated rings. The van der Waals surface area contributed by atoms with Gasteiger partial charge < -0.3 is 4.74 Å². The number of ether oxygens (including phenoxy) is 1. The van der Waals surface area contributed by atoms with Gasteiger partial charge in [0, 0.05) is 20.6 Å². The average molecular weight is 364 g/mol. The van der Waals surface area contributed by atoms with Crippen molar-refractivity contribution < 1.29 is 9.13 Å². The lowest BCUT2D eigenvalue weighted by molar-refractivity contribution is 0.297. The minimum Gasteiger partial charge on any atom is -0.488 e. The van der Waals surface area contributed by atoms with Crippen LogP contribution in [0.3, 0.4) is 0 Å². The first-order valence-electron chi connectivity index (χ1n) is 5.51. The molecule has 5 heteroatoms. The van der Waals surface area contributed by atoms with Crippen molar-refractivity contribution in [1.29, 1.82) is 0 Å². The van der Waals surface area contributed by atoms with E-state index in [1.807, 2.05) is 12.1 Å². The predicted molar refractivity (Wildman–Crippen MR) is 79.4 cm³/mol. The first-order chi connectivity index (χ1) is 9.10. The van der Waals surface area contributed by atoms with Crippen LogP contribution in [0, 0.1) is 5.82 Å². The lowest BCUT2D eigenvalue weighted by Crippen LogP contribution is -2.00. The maximum Gasteiger partial charge on any atom is 0.129 e. The Morgan fingerprint density at radius 2 is 1.89 bits per heavy atom. The lowest BCUT2D eigenvalue weighted by atomic mass is 10.2. The highest BCUT2D eigenvalue weighted by Gasteiger charge is 2.07. The molecule has 0 spiro atoms. The second kappa shape index (κ2) is 6.60. The number of hydrogen-bond donors (Lipinski definition) is 0. The zero-order valence-corrected chi connectivity index (χ0v) is 12.9. The Hall–Kier alpha value is -0.770. The number of benzene rings is 2. The molecule has 2 aromatic carbocycles. The highest BCUT2D eigenvalue weighted by molar-refractivity contribution is 9.10. The van der Waals surface area contributed by atoms with E-state index in [2.05, 4.69) is 15.9 Å². The highest BCUT2D eigenvalue weighted by atomic mass is 79.9. The van der Waals surface area contributed by atoms with E-state index < -0.39 is 0 Å². The molecule has 0 aliphatic heterocycles. The number of rotatable bonds is 4. The van der Waals surface area contributed by atoms with Crippen molar-refractivity contribution in [3.63, 3.8) is 0 Å². The second-order valence-electron chi connectivity index (χ2n) is 3.91. The van der Waals surface area contributed by atoms with Gasteiger partial charge in [0.15, 0.2) is 0 Å². The Kier molecular flexibility index (Phi) is 5.08. The van der Waals surface area contributed by atoms with Crippen molar-refractivity contribution in [1.82, 2.24) is 0 Å². The fourth-order valence-corrected chi connectivity index (χ4v) is 2.41. The molecule has 0 unspecified atom stereocenters. The van der Waals surface area contributed by atoms with Crippen LogP contribution in [0.15, 0.2) is 40.9 Å².